The van der Waals surface area contributed by atoms with E-state index in [0.29, 0.717) is 11.4 Å². The standard InChI is InChI=1S/C19H26N6O3/c1-4-11(2)16(10-26)24-18-15(17(20)28)9-21-19(25-18)23-14-7-5-6-13(8-14)22-12(3)27/h5-9,11,16,26H,4,10H2,1-3H3,(H2,20,28)(H,22,27)(H2,21,23,24,25)/t11-,16+/m0/s1. The molecule has 2 aromatic rings. The van der Waals surface area contributed by atoms with Crippen molar-refractivity contribution < 1.29 is 14.7 Å². The second-order valence-corrected chi connectivity index (χ2v) is 6.53. The van der Waals surface area contributed by atoms with E-state index in [-0.39, 0.29) is 41.8 Å². The van der Waals surface area contributed by atoms with Gasteiger partial charge in [0.05, 0.1) is 18.2 Å². The topological polar surface area (TPSA) is 142 Å². The van der Waals surface area contributed by atoms with Gasteiger partial charge in [-0.3, -0.25) is 9.59 Å². The van der Waals surface area contributed by atoms with Crippen molar-refractivity contribution >= 4 is 35.0 Å². The molecular weight excluding hydrogens is 360 g/mol. The van der Waals surface area contributed by atoms with Crippen molar-refractivity contribution in [2.24, 2.45) is 11.7 Å². The molecule has 0 spiro atoms. The number of hydrogen-bond acceptors (Lipinski definition) is 7. The van der Waals surface area contributed by atoms with Gasteiger partial charge in [-0.1, -0.05) is 26.3 Å². The van der Waals surface area contributed by atoms with Crippen molar-refractivity contribution in [3.8, 4) is 0 Å². The molecule has 1 aromatic heterocycles. The second kappa shape index (κ2) is 9.65. The fraction of sp³-hybridized carbons (Fsp3) is 0.368. The highest BCUT2D eigenvalue weighted by atomic mass is 16.3. The molecule has 0 radical (unpaired) electrons. The molecule has 0 bridgehead atoms. The van der Waals surface area contributed by atoms with Crippen LogP contribution in [0, 0.1) is 5.92 Å². The van der Waals surface area contributed by atoms with Gasteiger partial charge < -0.3 is 26.8 Å². The van der Waals surface area contributed by atoms with Gasteiger partial charge in [-0.05, 0) is 24.1 Å². The van der Waals surface area contributed by atoms with Crippen LogP contribution in [0.3, 0.4) is 0 Å². The lowest BCUT2D eigenvalue weighted by molar-refractivity contribution is -0.114. The van der Waals surface area contributed by atoms with Gasteiger partial charge in [0.1, 0.15) is 5.82 Å². The van der Waals surface area contributed by atoms with E-state index in [1.54, 1.807) is 24.3 Å². The zero-order valence-corrected chi connectivity index (χ0v) is 16.2. The smallest absolute Gasteiger partial charge is 0.254 e. The third-order valence-corrected chi connectivity index (χ3v) is 4.34. The van der Waals surface area contributed by atoms with Crippen LogP contribution in [-0.4, -0.2) is 39.5 Å². The van der Waals surface area contributed by atoms with Crippen LogP contribution in [-0.2, 0) is 4.79 Å². The average Bonchev–Trinajstić information content (AvgIpc) is 2.65. The van der Waals surface area contributed by atoms with E-state index >= 15 is 0 Å². The molecule has 0 aliphatic rings. The first kappa shape index (κ1) is 21.1. The minimum Gasteiger partial charge on any atom is -0.394 e. The molecule has 0 saturated carbocycles. The molecule has 2 atom stereocenters. The lowest BCUT2D eigenvalue weighted by atomic mass is 10.00. The lowest BCUT2D eigenvalue weighted by Crippen LogP contribution is -2.32. The SMILES string of the molecule is CC[C@H](C)[C@@H](CO)Nc1nc(Nc2cccc(NC(C)=O)c2)ncc1C(N)=O. The number of primary amides is 1. The number of anilines is 4. The number of amides is 2. The van der Waals surface area contributed by atoms with Crippen LogP contribution in [0.15, 0.2) is 30.5 Å². The Morgan fingerprint density at radius 2 is 2.00 bits per heavy atom. The number of carbonyl (C=O) groups is 2. The summed E-state index contributed by atoms with van der Waals surface area (Å²) in [7, 11) is 0. The molecule has 9 heteroatoms. The van der Waals surface area contributed by atoms with Crippen LogP contribution in [0.4, 0.5) is 23.1 Å². The predicted molar refractivity (Wildman–Crippen MR) is 109 cm³/mol. The molecule has 2 amide bonds. The number of nitrogens with one attached hydrogen (secondary N) is 3. The van der Waals surface area contributed by atoms with Gasteiger partial charge in [-0.15, -0.1) is 0 Å². The first-order valence-corrected chi connectivity index (χ1v) is 9.03. The highest BCUT2D eigenvalue weighted by molar-refractivity contribution is 5.97. The molecule has 0 saturated heterocycles. The van der Waals surface area contributed by atoms with E-state index in [9.17, 15) is 14.7 Å². The Hall–Kier alpha value is -3.20. The van der Waals surface area contributed by atoms with Crippen molar-refractivity contribution in [1.82, 2.24) is 9.97 Å². The van der Waals surface area contributed by atoms with Crippen LogP contribution in [0.5, 0.6) is 0 Å². The van der Waals surface area contributed by atoms with Crippen LogP contribution in [0.1, 0.15) is 37.6 Å². The molecule has 28 heavy (non-hydrogen) atoms. The third-order valence-electron chi connectivity index (χ3n) is 4.34. The molecule has 0 fully saturated rings. The predicted octanol–water partition coefficient (Wildman–Crippen LogP) is 2.10. The Bertz CT molecular complexity index is 842. The van der Waals surface area contributed by atoms with E-state index in [4.69, 9.17) is 5.73 Å². The maximum atomic E-state index is 11.7. The fourth-order valence-corrected chi connectivity index (χ4v) is 2.57. The summed E-state index contributed by atoms with van der Waals surface area (Å²) >= 11 is 0. The van der Waals surface area contributed by atoms with Gasteiger partial charge >= 0.3 is 0 Å². The first-order valence-electron chi connectivity index (χ1n) is 9.03. The number of aliphatic hydroxyl groups excluding tert-OH is 1. The largest absolute Gasteiger partial charge is 0.394 e. The summed E-state index contributed by atoms with van der Waals surface area (Å²) < 4.78 is 0. The molecule has 150 valence electrons. The average molecular weight is 386 g/mol. The summed E-state index contributed by atoms with van der Waals surface area (Å²) in [5, 5.41) is 18.5. The summed E-state index contributed by atoms with van der Waals surface area (Å²) in [6.45, 7) is 5.32. The molecular formula is C19H26N6O3. The van der Waals surface area contributed by atoms with E-state index in [2.05, 4.69) is 25.9 Å². The van der Waals surface area contributed by atoms with E-state index in [0.717, 1.165) is 6.42 Å². The van der Waals surface area contributed by atoms with E-state index in [1.165, 1.54) is 13.1 Å². The first-order chi connectivity index (χ1) is 13.3. The van der Waals surface area contributed by atoms with Gasteiger partial charge in [-0.25, -0.2) is 4.98 Å². The second-order valence-electron chi connectivity index (χ2n) is 6.53. The number of carbonyl (C=O) groups excluding carboxylic acids is 2. The number of benzene rings is 1. The van der Waals surface area contributed by atoms with Crippen LogP contribution >= 0.6 is 0 Å². The fourth-order valence-electron chi connectivity index (χ4n) is 2.57. The number of nitrogens with two attached hydrogens (primary N) is 1. The van der Waals surface area contributed by atoms with E-state index in [1.807, 2.05) is 13.8 Å². The highest BCUT2D eigenvalue weighted by Gasteiger charge is 2.19. The Morgan fingerprint density at radius 1 is 1.29 bits per heavy atom. The highest BCUT2D eigenvalue weighted by Crippen LogP contribution is 2.22. The van der Waals surface area contributed by atoms with E-state index < -0.39 is 5.91 Å². The molecule has 2 rings (SSSR count). The maximum absolute atomic E-state index is 11.7. The van der Waals surface area contributed by atoms with Crippen LogP contribution < -0.4 is 21.7 Å². The number of hydrogen-bond donors (Lipinski definition) is 5. The summed E-state index contributed by atoms with van der Waals surface area (Å²) in [6, 6.07) is 6.77. The number of nitrogens with zero attached hydrogens (tertiary/aromatic N) is 2. The number of rotatable bonds is 9. The summed E-state index contributed by atoms with van der Waals surface area (Å²) in [5.74, 6) is -0.185. The van der Waals surface area contributed by atoms with Crippen molar-refractivity contribution in [2.75, 3.05) is 22.6 Å². The van der Waals surface area contributed by atoms with Crippen molar-refractivity contribution in [1.29, 1.82) is 0 Å². The third kappa shape index (κ3) is 5.65. The normalized spacial score (nSPS) is 12.7. The molecule has 0 aliphatic carbocycles. The van der Waals surface area contributed by atoms with Gasteiger partial charge in [0, 0.05) is 24.5 Å². The van der Waals surface area contributed by atoms with Crippen molar-refractivity contribution in [3.05, 3.63) is 36.0 Å². The summed E-state index contributed by atoms with van der Waals surface area (Å²) in [5.41, 5.74) is 6.85. The lowest BCUT2D eigenvalue weighted by Gasteiger charge is -2.23. The summed E-state index contributed by atoms with van der Waals surface area (Å²) in [4.78, 5) is 31.4. The zero-order chi connectivity index (χ0) is 20.7. The molecule has 1 heterocycles. The Balaban J connectivity index is 2.29. The summed E-state index contributed by atoms with van der Waals surface area (Å²) in [6.07, 6.45) is 2.18. The minimum absolute atomic E-state index is 0.112. The zero-order valence-electron chi connectivity index (χ0n) is 16.2. The molecule has 0 aliphatic heterocycles. The van der Waals surface area contributed by atoms with Crippen LogP contribution in [0.25, 0.3) is 0 Å². The Labute approximate surface area is 163 Å². The van der Waals surface area contributed by atoms with Crippen molar-refractivity contribution in [3.63, 3.8) is 0 Å². The maximum Gasteiger partial charge on any atom is 0.254 e. The van der Waals surface area contributed by atoms with Gasteiger partial charge in [0.25, 0.3) is 5.91 Å². The van der Waals surface area contributed by atoms with Gasteiger partial charge in [-0.2, -0.15) is 4.98 Å². The Kier molecular flexibility index (Phi) is 7.28. The molecule has 9 nitrogen and oxygen atoms in total. The number of aliphatic hydroxyl groups is 1. The van der Waals surface area contributed by atoms with Crippen molar-refractivity contribution in [2.45, 2.75) is 33.2 Å². The quantitative estimate of drug-likeness (QED) is 0.444. The van der Waals surface area contributed by atoms with Crippen LogP contribution in [0.2, 0.25) is 0 Å². The molecule has 0 unspecified atom stereocenters. The van der Waals surface area contributed by atoms with Gasteiger partial charge in [0.15, 0.2) is 0 Å². The Morgan fingerprint density at radius 3 is 2.61 bits per heavy atom. The molecule has 1 aromatic carbocycles. The van der Waals surface area contributed by atoms with Gasteiger partial charge in [0.2, 0.25) is 11.9 Å². The molecule has 6 N–H and O–H groups in total. The monoisotopic (exact) mass is 386 g/mol. The minimum atomic E-state index is -0.664. The number of aromatic nitrogens is 2.